The van der Waals surface area contributed by atoms with Gasteiger partial charge < -0.3 is 15.3 Å². The molecule has 4 nitrogen and oxygen atoms in total. The van der Waals surface area contributed by atoms with E-state index in [2.05, 4.69) is 5.32 Å². The topological polar surface area (TPSA) is 52.6 Å². The third-order valence-corrected chi connectivity index (χ3v) is 4.40. The highest BCUT2D eigenvalue weighted by Gasteiger charge is 2.14. The molecule has 6 heteroatoms. The van der Waals surface area contributed by atoms with Crippen molar-refractivity contribution in [1.82, 2.24) is 0 Å². The van der Waals surface area contributed by atoms with Gasteiger partial charge in [-0.25, -0.2) is 0 Å². The number of rotatable bonds is 8. The number of aliphatic hydroxyl groups excluding tert-OH is 1. The van der Waals surface area contributed by atoms with Gasteiger partial charge in [0, 0.05) is 30.2 Å². The third kappa shape index (κ3) is 6.24. The van der Waals surface area contributed by atoms with Crippen LogP contribution < -0.4 is 10.2 Å². The number of amides is 1. The Bertz CT molecular complexity index is 695. The Morgan fingerprint density at radius 3 is 2.60 bits per heavy atom. The molecule has 2 rings (SSSR count). The van der Waals surface area contributed by atoms with E-state index in [0.717, 1.165) is 5.69 Å². The summed E-state index contributed by atoms with van der Waals surface area (Å²) in [5.41, 5.74) is 1.47. The zero-order valence-electron chi connectivity index (χ0n) is 14.1. The van der Waals surface area contributed by atoms with Gasteiger partial charge in [0.25, 0.3) is 0 Å². The van der Waals surface area contributed by atoms with Crippen LogP contribution in [0.4, 0.5) is 11.4 Å². The molecule has 0 aliphatic heterocycles. The summed E-state index contributed by atoms with van der Waals surface area (Å²) in [7, 11) is 0. The quantitative estimate of drug-likeness (QED) is 0.703. The van der Waals surface area contributed by atoms with E-state index in [1.807, 2.05) is 42.2 Å². The number of anilines is 2. The van der Waals surface area contributed by atoms with Crippen molar-refractivity contribution in [2.45, 2.75) is 25.9 Å². The van der Waals surface area contributed by atoms with Crippen LogP contribution in [0, 0.1) is 0 Å². The van der Waals surface area contributed by atoms with E-state index < -0.39 is 6.10 Å². The minimum Gasteiger partial charge on any atom is -0.391 e. The summed E-state index contributed by atoms with van der Waals surface area (Å²) < 4.78 is 0. The van der Waals surface area contributed by atoms with Gasteiger partial charge in [-0.15, -0.1) is 0 Å². The largest absolute Gasteiger partial charge is 0.391 e. The second-order valence-electron chi connectivity index (χ2n) is 5.77. The van der Waals surface area contributed by atoms with Crippen LogP contribution in [0.1, 0.15) is 19.8 Å². The molecule has 25 heavy (non-hydrogen) atoms. The average Bonchev–Trinajstić information content (AvgIpc) is 2.62. The summed E-state index contributed by atoms with van der Waals surface area (Å²) in [5.74, 6) is -0.156. The molecule has 134 valence electrons. The fraction of sp³-hybridized carbons (Fsp3) is 0.316. The van der Waals surface area contributed by atoms with Crippen LogP contribution in [0.25, 0.3) is 0 Å². The minimum atomic E-state index is -0.439. The Kier molecular flexibility index (Phi) is 7.56. The number of carbonyl (C=O) groups excluding carboxylic acids is 1. The average molecular weight is 381 g/mol. The summed E-state index contributed by atoms with van der Waals surface area (Å²) in [4.78, 5) is 14.3. The number of nitrogens with zero attached hydrogens (tertiary/aromatic N) is 1. The summed E-state index contributed by atoms with van der Waals surface area (Å²) in [6, 6.07) is 14.7. The first-order valence-corrected chi connectivity index (χ1v) is 8.98. The van der Waals surface area contributed by atoms with Gasteiger partial charge in [-0.2, -0.15) is 0 Å². The molecule has 0 radical (unpaired) electrons. The number of carbonyl (C=O) groups is 1. The van der Waals surface area contributed by atoms with Gasteiger partial charge in [0.15, 0.2) is 0 Å². The number of para-hydroxylation sites is 1. The first-order valence-electron chi connectivity index (χ1n) is 8.22. The maximum absolute atomic E-state index is 12.3. The summed E-state index contributed by atoms with van der Waals surface area (Å²) in [5, 5.41) is 13.7. The van der Waals surface area contributed by atoms with Gasteiger partial charge >= 0.3 is 0 Å². The van der Waals surface area contributed by atoms with E-state index in [4.69, 9.17) is 23.2 Å². The SMILES string of the molecule is CCC(O)CN(CCC(=O)Nc1cc(Cl)ccc1Cl)c1ccccc1. The Hall–Kier alpha value is -1.75. The van der Waals surface area contributed by atoms with Crippen molar-refractivity contribution >= 4 is 40.5 Å². The fourth-order valence-electron chi connectivity index (χ4n) is 2.39. The zero-order chi connectivity index (χ0) is 18.2. The van der Waals surface area contributed by atoms with Gasteiger partial charge in [0.2, 0.25) is 5.91 Å². The molecule has 0 saturated heterocycles. The first kappa shape index (κ1) is 19.6. The van der Waals surface area contributed by atoms with Crippen LogP contribution in [0.15, 0.2) is 48.5 Å². The van der Waals surface area contributed by atoms with Crippen LogP contribution in [-0.4, -0.2) is 30.2 Å². The van der Waals surface area contributed by atoms with Crippen molar-refractivity contribution in [3.63, 3.8) is 0 Å². The Morgan fingerprint density at radius 2 is 1.92 bits per heavy atom. The minimum absolute atomic E-state index is 0.156. The summed E-state index contributed by atoms with van der Waals surface area (Å²) in [6.45, 7) is 2.90. The number of benzene rings is 2. The highest BCUT2D eigenvalue weighted by Crippen LogP contribution is 2.25. The molecular weight excluding hydrogens is 359 g/mol. The molecule has 2 aromatic carbocycles. The molecule has 1 amide bonds. The van der Waals surface area contributed by atoms with Gasteiger partial charge in [-0.1, -0.05) is 48.3 Å². The molecule has 1 unspecified atom stereocenters. The van der Waals surface area contributed by atoms with E-state index >= 15 is 0 Å². The van der Waals surface area contributed by atoms with Crippen molar-refractivity contribution in [2.75, 3.05) is 23.3 Å². The second kappa shape index (κ2) is 9.66. The molecular formula is C19H22Cl2N2O2. The molecule has 0 saturated carbocycles. The van der Waals surface area contributed by atoms with E-state index in [9.17, 15) is 9.90 Å². The van der Waals surface area contributed by atoms with Crippen molar-refractivity contribution in [2.24, 2.45) is 0 Å². The molecule has 0 heterocycles. The predicted molar refractivity (Wildman–Crippen MR) is 105 cm³/mol. The Morgan fingerprint density at radius 1 is 1.20 bits per heavy atom. The zero-order valence-corrected chi connectivity index (χ0v) is 15.6. The molecule has 0 aliphatic carbocycles. The molecule has 0 aliphatic rings. The van der Waals surface area contributed by atoms with Gasteiger partial charge in [-0.3, -0.25) is 4.79 Å². The molecule has 1 atom stereocenters. The maximum atomic E-state index is 12.3. The van der Waals surface area contributed by atoms with Crippen molar-refractivity contribution < 1.29 is 9.90 Å². The molecule has 2 N–H and O–H groups in total. The maximum Gasteiger partial charge on any atom is 0.226 e. The normalized spacial score (nSPS) is 11.8. The van der Waals surface area contributed by atoms with E-state index in [-0.39, 0.29) is 12.3 Å². The second-order valence-corrected chi connectivity index (χ2v) is 6.61. The number of halogens is 2. The highest BCUT2D eigenvalue weighted by molar-refractivity contribution is 6.35. The standard InChI is InChI=1S/C19H22Cl2N2O2/c1-2-16(24)13-23(15-6-4-3-5-7-15)11-10-19(25)22-18-12-14(20)8-9-17(18)21/h3-9,12,16,24H,2,10-11,13H2,1H3,(H,22,25). The highest BCUT2D eigenvalue weighted by atomic mass is 35.5. The molecule has 0 bridgehead atoms. The van der Waals surface area contributed by atoms with Crippen LogP contribution >= 0.6 is 23.2 Å². The van der Waals surface area contributed by atoms with Crippen LogP contribution in [0.2, 0.25) is 10.0 Å². The summed E-state index contributed by atoms with van der Waals surface area (Å²) >= 11 is 12.0. The Labute approximate surface area is 158 Å². The lowest BCUT2D eigenvalue weighted by Crippen LogP contribution is -2.34. The van der Waals surface area contributed by atoms with E-state index in [0.29, 0.717) is 35.2 Å². The number of hydrogen-bond donors (Lipinski definition) is 2. The number of aliphatic hydroxyl groups is 1. The molecule has 0 fully saturated rings. The van der Waals surface area contributed by atoms with Gasteiger partial charge in [0.1, 0.15) is 0 Å². The predicted octanol–water partition coefficient (Wildman–Crippen LogP) is 4.60. The smallest absolute Gasteiger partial charge is 0.226 e. The van der Waals surface area contributed by atoms with Crippen molar-refractivity contribution in [3.05, 3.63) is 58.6 Å². The Balaban J connectivity index is 1.99. The number of nitrogens with one attached hydrogen (secondary N) is 1. The molecule has 0 aromatic heterocycles. The number of hydrogen-bond acceptors (Lipinski definition) is 3. The molecule has 2 aromatic rings. The third-order valence-electron chi connectivity index (χ3n) is 3.84. The lowest BCUT2D eigenvalue weighted by Gasteiger charge is -2.27. The lowest BCUT2D eigenvalue weighted by molar-refractivity contribution is -0.116. The monoisotopic (exact) mass is 380 g/mol. The van der Waals surface area contributed by atoms with Crippen molar-refractivity contribution in [3.8, 4) is 0 Å². The van der Waals surface area contributed by atoms with Gasteiger partial charge in [-0.05, 0) is 36.8 Å². The van der Waals surface area contributed by atoms with Crippen molar-refractivity contribution in [1.29, 1.82) is 0 Å². The van der Waals surface area contributed by atoms with E-state index in [1.54, 1.807) is 18.2 Å². The summed E-state index contributed by atoms with van der Waals surface area (Å²) in [6.07, 6.45) is 0.493. The van der Waals surface area contributed by atoms with Crippen LogP contribution in [-0.2, 0) is 4.79 Å². The van der Waals surface area contributed by atoms with Gasteiger partial charge in [0.05, 0.1) is 16.8 Å². The van der Waals surface area contributed by atoms with Crippen LogP contribution in [0.5, 0.6) is 0 Å². The molecule has 0 spiro atoms. The first-order chi connectivity index (χ1) is 12.0. The van der Waals surface area contributed by atoms with E-state index in [1.165, 1.54) is 0 Å². The fourth-order valence-corrected chi connectivity index (χ4v) is 2.73. The lowest BCUT2D eigenvalue weighted by atomic mass is 10.2. The van der Waals surface area contributed by atoms with Crippen LogP contribution in [0.3, 0.4) is 0 Å².